The molecule has 3 aromatic rings. The van der Waals surface area contributed by atoms with E-state index in [1.165, 1.54) is 12.8 Å². The van der Waals surface area contributed by atoms with Crippen LogP contribution in [0.15, 0.2) is 52.3 Å². The second-order valence-corrected chi connectivity index (χ2v) is 9.04. The van der Waals surface area contributed by atoms with E-state index in [1.54, 1.807) is 18.5 Å². The summed E-state index contributed by atoms with van der Waals surface area (Å²) in [6, 6.07) is 9.54. The lowest BCUT2D eigenvalue weighted by molar-refractivity contribution is 0.0892. The third kappa shape index (κ3) is 5.51. The van der Waals surface area contributed by atoms with E-state index in [0.717, 1.165) is 35.3 Å². The van der Waals surface area contributed by atoms with E-state index in [4.69, 9.17) is 9.15 Å². The Bertz CT molecular complexity index is 1220. The minimum absolute atomic E-state index is 0.0931. The molecule has 1 unspecified atom stereocenters. The van der Waals surface area contributed by atoms with Crippen molar-refractivity contribution >= 4 is 17.8 Å². The predicted molar refractivity (Wildman–Crippen MR) is 131 cm³/mol. The molecule has 1 aliphatic carbocycles. The van der Waals surface area contributed by atoms with Gasteiger partial charge in [-0.3, -0.25) is 14.8 Å². The summed E-state index contributed by atoms with van der Waals surface area (Å²) in [6.07, 6.45) is 8.07. The minimum atomic E-state index is -0.815. The molecule has 1 saturated carbocycles. The Hall–Kier alpha value is -3.72. The Balaban J connectivity index is 1.13. The van der Waals surface area contributed by atoms with Crippen molar-refractivity contribution in [3.63, 3.8) is 0 Å². The van der Waals surface area contributed by atoms with Crippen LogP contribution in [-0.2, 0) is 13.0 Å². The number of hydrogen-bond acceptors (Lipinski definition) is 8. The van der Waals surface area contributed by atoms with Gasteiger partial charge in [-0.25, -0.2) is 4.98 Å². The quantitative estimate of drug-likeness (QED) is 0.435. The van der Waals surface area contributed by atoms with Gasteiger partial charge in [-0.2, -0.15) is 0 Å². The van der Waals surface area contributed by atoms with E-state index in [9.17, 15) is 9.90 Å². The molecule has 35 heavy (non-hydrogen) atoms. The van der Waals surface area contributed by atoms with Gasteiger partial charge in [0.05, 0.1) is 17.8 Å². The van der Waals surface area contributed by atoms with Crippen molar-refractivity contribution in [3.8, 4) is 5.75 Å². The van der Waals surface area contributed by atoms with Crippen LogP contribution in [0.4, 0.5) is 5.69 Å². The molecule has 1 aliphatic heterocycles. The molecule has 1 fully saturated rings. The van der Waals surface area contributed by atoms with Crippen LogP contribution in [0.5, 0.6) is 5.75 Å². The summed E-state index contributed by atoms with van der Waals surface area (Å²) in [5.41, 5.74) is 4.04. The minimum Gasteiger partial charge on any atom is -0.486 e. The average molecular weight is 476 g/mol. The number of benzene rings is 1. The number of carbonyl (C=O) groups excluding carboxylic acids is 1. The molecule has 9 nitrogen and oxygen atoms in total. The number of carbonyl (C=O) groups is 1. The van der Waals surface area contributed by atoms with E-state index in [2.05, 4.69) is 25.6 Å². The molecule has 2 aromatic heterocycles. The number of amides is 1. The maximum absolute atomic E-state index is 12.6. The smallest absolute Gasteiger partial charge is 0.270 e. The maximum atomic E-state index is 12.6. The van der Waals surface area contributed by atoms with Crippen molar-refractivity contribution in [3.05, 3.63) is 71.2 Å². The van der Waals surface area contributed by atoms with Gasteiger partial charge in [0, 0.05) is 30.7 Å². The highest BCUT2D eigenvalue weighted by atomic mass is 16.5. The third-order valence-corrected chi connectivity index (χ3v) is 6.55. The molecule has 1 aromatic carbocycles. The Labute approximate surface area is 203 Å². The number of fused-ring (bicyclic) bond motifs is 1. The first-order valence-corrected chi connectivity index (χ1v) is 11.9. The second-order valence-electron chi connectivity index (χ2n) is 9.04. The molecule has 2 atom stereocenters. The van der Waals surface area contributed by atoms with Gasteiger partial charge in [-0.15, -0.1) is 0 Å². The number of aryl methyl sites for hydroxylation is 1. The normalized spacial score (nSPS) is 17.8. The molecule has 2 aliphatic rings. The van der Waals surface area contributed by atoms with Crippen LogP contribution in [0.3, 0.4) is 0 Å². The number of aliphatic hydroxyl groups is 1. The van der Waals surface area contributed by atoms with Gasteiger partial charge in [-0.05, 0) is 68.0 Å². The first-order chi connectivity index (χ1) is 17.0. The molecule has 5 rings (SSSR count). The molecule has 0 saturated heterocycles. The van der Waals surface area contributed by atoms with Crippen molar-refractivity contribution in [2.75, 3.05) is 11.9 Å². The number of oxazole rings is 1. The van der Waals surface area contributed by atoms with Crippen molar-refractivity contribution in [1.82, 2.24) is 15.3 Å². The van der Waals surface area contributed by atoms with Crippen LogP contribution >= 0.6 is 0 Å². The van der Waals surface area contributed by atoms with Gasteiger partial charge in [0.2, 0.25) is 0 Å². The van der Waals surface area contributed by atoms with E-state index >= 15 is 0 Å². The van der Waals surface area contributed by atoms with E-state index in [0.29, 0.717) is 36.3 Å². The van der Waals surface area contributed by atoms with E-state index in [1.807, 2.05) is 31.2 Å². The van der Waals surface area contributed by atoms with E-state index in [-0.39, 0.29) is 18.5 Å². The van der Waals surface area contributed by atoms with Crippen molar-refractivity contribution in [2.24, 2.45) is 4.99 Å². The number of nitrogens with zero attached hydrogens (tertiary/aromatic N) is 3. The Kier molecular flexibility index (Phi) is 6.76. The maximum Gasteiger partial charge on any atom is 0.270 e. The SMILES string of the molecule is Cc1ncoc1COc1ccc2c(c1)C=NC([C@H](O)CNC(=O)c1cc(NC3CCC3)ccn1)C2. The lowest BCUT2D eigenvalue weighted by Gasteiger charge is -2.27. The van der Waals surface area contributed by atoms with Crippen LogP contribution in [0.25, 0.3) is 0 Å². The summed E-state index contributed by atoms with van der Waals surface area (Å²) in [7, 11) is 0. The summed E-state index contributed by atoms with van der Waals surface area (Å²) in [5, 5.41) is 16.9. The first kappa shape index (κ1) is 23.0. The number of aliphatic imine (C=N–C) groups is 1. The van der Waals surface area contributed by atoms with Crippen LogP contribution in [-0.4, -0.2) is 51.9 Å². The molecule has 9 heteroatoms. The number of ether oxygens (including phenoxy) is 1. The molecule has 0 spiro atoms. The molecule has 0 bridgehead atoms. The number of rotatable bonds is 9. The zero-order chi connectivity index (χ0) is 24.2. The standard InChI is InChI=1S/C26H29N5O4/c1-16-25(35-15-30-16)14-34-21-6-5-17-10-22(28-12-18(17)9-21)24(32)13-29-26(33)23-11-20(7-8-27-23)31-19-3-2-4-19/h5-9,11-12,15,19,22,24,32H,2-4,10,13-14H2,1H3,(H,27,31)(H,29,33)/t22?,24-/m1/s1. The van der Waals surface area contributed by atoms with Gasteiger partial charge in [0.15, 0.2) is 12.2 Å². The summed E-state index contributed by atoms with van der Waals surface area (Å²) in [6.45, 7) is 2.27. The Morgan fingerprint density at radius 3 is 2.91 bits per heavy atom. The highest BCUT2D eigenvalue weighted by Crippen LogP contribution is 2.25. The van der Waals surface area contributed by atoms with Crippen LogP contribution < -0.4 is 15.4 Å². The van der Waals surface area contributed by atoms with Crippen molar-refractivity contribution in [1.29, 1.82) is 0 Å². The summed E-state index contributed by atoms with van der Waals surface area (Å²) >= 11 is 0. The van der Waals surface area contributed by atoms with Gasteiger partial charge in [0.25, 0.3) is 5.91 Å². The number of aliphatic hydroxyl groups excluding tert-OH is 1. The zero-order valence-corrected chi connectivity index (χ0v) is 19.6. The number of anilines is 1. The highest BCUT2D eigenvalue weighted by molar-refractivity contribution is 5.93. The predicted octanol–water partition coefficient (Wildman–Crippen LogP) is 3.06. The van der Waals surface area contributed by atoms with Crippen LogP contribution in [0.1, 0.15) is 52.3 Å². The summed E-state index contributed by atoms with van der Waals surface area (Å²) in [5.74, 6) is 1.09. The third-order valence-electron chi connectivity index (χ3n) is 6.55. The molecule has 182 valence electrons. The number of nitrogens with one attached hydrogen (secondary N) is 2. The fraction of sp³-hybridized carbons (Fsp3) is 0.385. The zero-order valence-electron chi connectivity index (χ0n) is 19.6. The number of pyridine rings is 1. The number of hydrogen-bond donors (Lipinski definition) is 3. The van der Waals surface area contributed by atoms with Gasteiger partial charge < -0.3 is 24.9 Å². The van der Waals surface area contributed by atoms with Crippen molar-refractivity contribution < 1.29 is 19.1 Å². The monoisotopic (exact) mass is 475 g/mol. The average Bonchev–Trinajstić information content (AvgIpc) is 3.27. The molecular formula is C26H29N5O4. The summed E-state index contributed by atoms with van der Waals surface area (Å²) < 4.78 is 11.1. The molecule has 3 N–H and O–H groups in total. The highest BCUT2D eigenvalue weighted by Gasteiger charge is 2.24. The lowest BCUT2D eigenvalue weighted by Crippen LogP contribution is -2.40. The number of aromatic nitrogens is 2. The molecule has 3 heterocycles. The Morgan fingerprint density at radius 1 is 1.26 bits per heavy atom. The molecule has 0 radical (unpaired) electrons. The lowest BCUT2D eigenvalue weighted by atomic mass is 9.93. The Morgan fingerprint density at radius 2 is 2.14 bits per heavy atom. The molecular weight excluding hydrogens is 446 g/mol. The van der Waals surface area contributed by atoms with Crippen LogP contribution in [0.2, 0.25) is 0 Å². The van der Waals surface area contributed by atoms with Gasteiger partial charge >= 0.3 is 0 Å². The van der Waals surface area contributed by atoms with Crippen LogP contribution in [0, 0.1) is 6.92 Å². The van der Waals surface area contributed by atoms with Crippen molar-refractivity contribution in [2.45, 2.75) is 57.4 Å². The van der Waals surface area contributed by atoms with E-state index < -0.39 is 6.10 Å². The second kappa shape index (κ2) is 10.3. The van der Waals surface area contributed by atoms with Gasteiger partial charge in [-0.1, -0.05) is 6.07 Å². The van der Waals surface area contributed by atoms with Gasteiger partial charge in [0.1, 0.15) is 18.1 Å². The topological polar surface area (TPSA) is 122 Å². The largest absolute Gasteiger partial charge is 0.486 e. The fourth-order valence-electron chi connectivity index (χ4n) is 4.13. The summed E-state index contributed by atoms with van der Waals surface area (Å²) in [4.78, 5) is 25.3. The first-order valence-electron chi connectivity index (χ1n) is 11.9. The fourth-order valence-corrected chi connectivity index (χ4v) is 4.13. The molecule has 1 amide bonds.